The summed E-state index contributed by atoms with van der Waals surface area (Å²) in [6.07, 6.45) is 5.31. The highest BCUT2D eigenvalue weighted by molar-refractivity contribution is 6.07. The fraction of sp³-hybridized carbons (Fsp3) is 0.400. The van der Waals surface area contributed by atoms with Crippen LogP contribution in [0.2, 0.25) is 0 Å². The molecule has 0 unspecified atom stereocenters. The lowest BCUT2D eigenvalue weighted by molar-refractivity contribution is 0.0580. The second-order valence-electron chi connectivity index (χ2n) is 10.6. The Labute approximate surface area is 225 Å². The van der Waals surface area contributed by atoms with Crippen LogP contribution in [0.15, 0.2) is 60.8 Å². The predicted octanol–water partition coefficient (Wildman–Crippen LogP) is 6.01. The number of carbonyl (C=O) groups is 2. The minimum Gasteiger partial charge on any atom is -0.443 e. The van der Waals surface area contributed by atoms with E-state index in [0.29, 0.717) is 29.9 Å². The number of rotatable bonds is 7. The first-order valence-electron chi connectivity index (χ1n) is 13.2. The van der Waals surface area contributed by atoms with Crippen LogP contribution in [0.25, 0.3) is 0 Å². The molecule has 2 amide bonds. The molecule has 0 spiro atoms. The Kier molecular flexibility index (Phi) is 8.61. The molecule has 0 saturated carbocycles. The number of benzene rings is 1. The summed E-state index contributed by atoms with van der Waals surface area (Å²) in [5.41, 5.74) is 3.03. The molecule has 0 aliphatic carbocycles. The van der Waals surface area contributed by atoms with Crippen molar-refractivity contribution in [1.82, 2.24) is 9.97 Å². The van der Waals surface area contributed by atoms with Gasteiger partial charge in [-0.05, 0) is 95.5 Å². The number of hydrogen-bond acceptors (Lipinski definition) is 6. The number of carbonyl (C=O) groups excluding carboxylic acids is 2. The van der Waals surface area contributed by atoms with Gasteiger partial charge in [0.05, 0.1) is 5.56 Å². The Morgan fingerprint density at radius 1 is 1.00 bits per heavy atom. The quantitative estimate of drug-likeness (QED) is 0.415. The standard InChI is InChI=1S/C30H37N5O3/c1-22-11-16-26(27(32-22)34-19-8-5-9-20-34)28(36)33-24-12-14-25(15-13-24)35(29(37)38-30(2,3)4)21-17-23-10-6-7-18-31-23/h6-7,10-16,18H,5,8-9,17,19-21H2,1-4H3,(H,33,36). The summed E-state index contributed by atoms with van der Waals surface area (Å²) in [6.45, 7) is 9.70. The van der Waals surface area contributed by atoms with Crippen LogP contribution in [0.3, 0.4) is 0 Å². The van der Waals surface area contributed by atoms with E-state index in [4.69, 9.17) is 9.72 Å². The number of piperidine rings is 1. The van der Waals surface area contributed by atoms with Crippen molar-refractivity contribution in [2.24, 2.45) is 0 Å². The van der Waals surface area contributed by atoms with Crippen molar-refractivity contribution in [3.05, 3.63) is 77.7 Å². The Morgan fingerprint density at radius 3 is 2.39 bits per heavy atom. The number of pyridine rings is 2. The Bertz CT molecular complexity index is 1230. The average molecular weight is 516 g/mol. The van der Waals surface area contributed by atoms with Gasteiger partial charge in [0.2, 0.25) is 0 Å². The molecule has 1 saturated heterocycles. The highest BCUT2D eigenvalue weighted by Crippen LogP contribution is 2.25. The molecule has 38 heavy (non-hydrogen) atoms. The lowest BCUT2D eigenvalue weighted by atomic mass is 10.1. The largest absolute Gasteiger partial charge is 0.443 e. The molecular formula is C30H37N5O3. The van der Waals surface area contributed by atoms with Gasteiger partial charge in [-0.15, -0.1) is 0 Å². The lowest BCUT2D eigenvalue weighted by Gasteiger charge is -2.29. The van der Waals surface area contributed by atoms with Gasteiger partial charge >= 0.3 is 6.09 Å². The molecule has 1 aliphatic heterocycles. The van der Waals surface area contributed by atoms with Crippen molar-refractivity contribution < 1.29 is 14.3 Å². The van der Waals surface area contributed by atoms with E-state index in [1.165, 1.54) is 6.42 Å². The molecule has 0 radical (unpaired) electrons. The Balaban J connectivity index is 1.50. The van der Waals surface area contributed by atoms with Gasteiger partial charge in [-0.1, -0.05) is 6.07 Å². The third-order valence-electron chi connectivity index (χ3n) is 6.28. The zero-order valence-electron chi connectivity index (χ0n) is 22.7. The maximum atomic E-state index is 13.3. The molecule has 0 bridgehead atoms. The van der Waals surface area contributed by atoms with E-state index >= 15 is 0 Å². The van der Waals surface area contributed by atoms with Crippen LogP contribution in [-0.2, 0) is 11.2 Å². The summed E-state index contributed by atoms with van der Waals surface area (Å²) in [7, 11) is 0. The average Bonchev–Trinajstić information content (AvgIpc) is 2.89. The molecule has 1 aromatic carbocycles. The zero-order chi connectivity index (χ0) is 27.1. The summed E-state index contributed by atoms with van der Waals surface area (Å²) in [5, 5.41) is 3.00. The number of nitrogens with zero attached hydrogens (tertiary/aromatic N) is 4. The van der Waals surface area contributed by atoms with Crippen LogP contribution in [0.4, 0.5) is 22.0 Å². The van der Waals surface area contributed by atoms with Crippen LogP contribution < -0.4 is 15.1 Å². The van der Waals surface area contributed by atoms with Gasteiger partial charge < -0.3 is 15.0 Å². The number of ether oxygens (including phenoxy) is 1. The topological polar surface area (TPSA) is 87.7 Å². The fourth-order valence-electron chi connectivity index (χ4n) is 4.41. The Hall–Kier alpha value is -3.94. The number of nitrogens with one attached hydrogen (secondary N) is 1. The lowest BCUT2D eigenvalue weighted by Crippen LogP contribution is -2.38. The number of aryl methyl sites for hydroxylation is 1. The molecule has 2 aromatic heterocycles. The SMILES string of the molecule is Cc1ccc(C(=O)Nc2ccc(N(CCc3ccccn3)C(=O)OC(C)(C)C)cc2)c(N2CCCCC2)n1. The van der Waals surface area contributed by atoms with Gasteiger partial charge in [0.15, 0.2) is 0 Å². The summed E-state index contributed by atoms with van der Waals surface area (Å²) in [6, 6.07) is 16.7. The van der Waals surface area contributed by atoms with Crippen molar-refractivity contribution >= 4 is 29.2 Å². The highest BCUT2D eigenvalue weighted by Gasteiger charge is 2.24. The second kappa shape index (κ2) is 12.1. The van der Waals surface area contributed by atoms with E-state index < -0.39 is 11.7 Å². The minimum atomic E-state index is -0.623. The van der Waals surface area contributed by atoms with E-state index in [1.54, 1.807) is 23.2 Å². The van der Waals surface area contributed by atoms with Crippen LogP contribution in [0.5, 0.6) is 0 Å². The second-order valence-corrected chi connectivity index (χ2v) is 10.6. The molecule has 1 aliphatic rings. The van der Waals surface area contributed by atoms with Gasteiger partial charge in [0.25, 0.3) is 5.91 Å². The molecule has 8 heteroatoms. The van der Waals surface area contributed by atoms with Crippen LogP contribution in [0.1, 0.15) is 61.8 Å². The van der Waals surface area contributed by atoms with Gasteiger partial charge in [0.1, 0.15) is 11.4 Å². The summed E-state index contributed by atoms with van der Waals surface area (Å²) in [4.78, 5) is 39.2. The summed E-state index contributed by atoms with van der Waals surface area (Å²) >= 11 is 0. The Morgan fingerprint density at radius 2 is 1.74 bits per heavy atom. The van der Waals surface area contributed by atoms with E-state index in [1.807, 2.05) is 70.2 Å². The molecule has 1 N–H and O–H groups in total. The number of amides is 2. The molecular weight excluding hydrogens is 478 g/mol. The summed E-state index contributed by atoms with van der Waals surface area (Å²) in [5.74, 6) is 0.536. The third kappa shape index (κ3) is 7.31. The molecule has 8 nitrogen and oxygen atoms in total. The zero-order valence-corrected chi connectivity index (χ0v) is 22.7. The van der Waals surface area contributed by atoms with Crippen LogP contribution >= 0.6 is 0 Å². The maximum absolute atomic E-state index is 13.3. The van der Waals surface area contributed by atoms with Crippen molar-refractivity contribution in [3.8, 4) is 0 Å². The summed E-state index contributed by atoms with van der Waals surface area (Å²) < 4.78 is 5.66. The fourth-order valence-corrected chi connectivity index (χ4v) is 4.41. The van der Waals surface area contributed by atoms with Crippen molar-refractivity contribution in [2.75, 3.05) is 34.8 Å². The van der Waals surface area contributed by atoms with Gasteiger partial charge in [-0.3, -0.25) is 14.7 Å². The van der Waals surface area contributed by atoms with Gasteiger partial charge in [-0.25, -0.2) is 9.78 Å². The number of hydrogen-bond donors (Lipinski definition) is 1. The van der Waals surface area contributed by atoms with Crippen molar-refractivity contribution in [3.63, 3.8) is 0 Å². The first kappa shape index (κ1) is 27.1. The van der Waals surface area contributed by atoms with E-state index in [0.717, 1.165) is 43.1 Å². The van der Waals surface area contributed by atoms with Gasteiger partial charge in [0, 0.05) is 55.0 Å². The molecule has 4 rings (SSSR count). The highest BCUT2D eigenvalue weighted by atomic mass is 16.6. The minimum absolute atomic E-state index is 0.204. The van der Waals surface area contributed by atoms with Gasteiger partial charge in [-0.2, -0.15) is 0 Å². The van der Waals surface area contributed by atoms with Crippen molar-refractivity contribution in [2.45, 2.75) is 59.0 Å². The predicted molar refractivity (Wildman–Crippen MR) is 151 cm³/mol. The first-order chi connectivity index (χ1) is 18.2. The number of anilines is 3. The molecule has 1 fully saturated rings. The first-order valence-corrected chi connectivity index (χ1v) is 13.2. The molecule has 0 atom stereocenters. The van der Waals surface area contributed by atoms with Crippen molar-refractivity contribution in [1.29, 1.82) is 0 Å². The van der Waals surface area contributed by atoms with Crippen LogP contribution in [-0.4, -0.2) is 47.2 Å². The molecule has 200 valence electrons. The van der Waals surface area contributed by atoms with E-state index in [9.17, 15) is 9.59 Å². The van der Waals surface area contributed by atoms with E-state index in [-0.39, 0.29) is 5.91 Å². The molecule has 3 aromatic rings. The van der Waals surface area contributed by atoms with E-state index in [2.05, 4.69) is 15.2 Å². The normalized spacial score (nSPS) is 13.6. The number of aromatic nitrogens is 2. The third-order valence-corrected chi connectivity index (χ3v) is 6.28. The van der Waals surface area contributed by atoms with Crippen LogP contribution in [0, 0.1) is 6.92 Å². The monoisotopic (exact) mass is 515 g/mol. The molecule has 3 heterocycles. The maximum Gasteiger partial charge on any atom is 0.414 e. The smallest absolute Gasteiger partial charge is 0.414 e.